The summed E-state index contributed by atoms with van der Waals surface area (Å²) in [5, 5.41) is 11.2. The monoisotopic (exact) mass is 438 g/mol. The van der Waals surface area contributed by atoms with Crippen LogP contribution in [0, 0.1) is 0 Å². The Morgan fingerprint density at radius 1 is 1.10 bits per heavy atom. The topological polar surface area (TPSA) is 60.9 Å². The Hall–Kier alpha value is -2.89. The van der Waals surface area contributed by atoms with Crippen molar-refractivity contribution >= 4 is 29.4 Å². The maximum Gasteiger partial charge on any atom is 0.290 e. The first-order valence-electron chi connectivity index (χ1n) is 10.5. The summed E-state index contributed by atoms with van der Waals surface area (Å²) in [6.07, 6.45) is 3.09. The van der Waals surface area contributed by atoms with E-state index < -0.39 is 17.7 Å². The molecular weight excluding hydrogens is 412 g/mol. The van der Waals surface area contributed by atoms with E-state index in [1.54, 1.807) is 35.2 Å². The minimum absolute atomic E-state index is 0.0963. The molecule has 0 aliphatic carbocycles. The van der Waals surface area contributed by atoms with Crippen LogP contribution in [0.2, 0.25) is 5.02 Å². The summed E-state index contributed by atoms with van der Waals surface area (Å²) in [7, 11) is 0. The van der Waals surface area contributed by atoms with Gasteiger partial charge in [-0.3, -0.25) is 9.59 Å². The number of ketones is 1. The van der Waals surface area contributed by atoms with E-state index >= 15 is 0 Å². The van der Waals surface area contributed by atoms with Gasteiger partial charge in [-0.1, -0.05) is 74.0 Å². The number of carbonyl (C=O) groups excluding carboxylic acids is 2. The quantitative estimate of drug-likeness (QED) is 0.578. The summed E-state index contributed by atoms with van der Waals surface area (Å²) < 4.78 is 0. The van der Waals surface area contributed by atoms with Gasteiger partial charge in [-0.05, 0) is 42.4 Å². The van der Waals surface area contributed by atoms with Crippen LogP contribution in [0.5, 0.6) is 0 Å². The van der Waals surface area contributed by atoms with Crippen molar-refractivity contribution in [1.29, 1.82) is 0 Å². The van der Waals surface area contributed by atoms with Crippen LogP contribution in [0.25, 0.3) is 6.08 Å². The molecule has 0 radical (unpaired) electrons. The van der Waals surface area contributed by atoms with Gasteiger partial charge in [0, 0.05) is 18.1 Å². The number of amides is 1. The van der Waals surface area contributed by atoms with Crippen LogP contribution < -0.4 is 0 Å². The number of hydrogen-bond donors (Lipinski definition) is 1. The Morgan fingerprint density at radius 3 is 2.35 bits per heavy atom. The van der Waals surface area contributed by atoms with Gasteiger partial charge in [0.2, 0.25) is 0 Å². The number of rotatable bonds is 9. The highest BCUT2D eigenvalue weighted by Crippen LogP contribution is 2.38. The van der Waals surface area contributed by atoms with Gasteiger partial charge in [0.05, 0.1) is 11.6 Å². The highest BCUT2D eigenvalue weighted by atomic mass is 35.5. The zero-order valence-corrected chi connectivity index (χ0v) is 18.5. The van der Waals surface area contributed by atoms with Crippen molar-refractivity contribution in [2.45, 2.75) is 19.9 Å². The number of aliphatic hydroxyl groups excluding tert-OH is 1. The minimum atomic E-state index is -0.659. The summed E-state index contributed by atoms with van der Waals surface area (Å²) in [6.45, 7) is 6.88. The smallest absolute Gasteiger partial charge is 0.290 e. The van der Waals surface area contributed by atoms with Crippen LogP contribution in [-0.4, -0.2) is 52.8 Å². The average Bonchev–Trinajstić information content (AvgIpc) is 3.04. The molecule has 1 N–H and O–H groups in total. The molecule has 2 aromatic carbocycles. The minimum Gasteiger partial charge on any atom is -0.503 e. The molecule has 0 saturated heterocycles. The third-order valence-electron chi connectivity index (χ3n) is 5.53. The standard InChI is InChI=1S/C25H27ClN2O3/c1-3-27(4-2)16-17-28-23(19-11-13-20(26)14-12-19)22(24(30)25(28)31)21(29)15-10-18-8-6-5-7-9-18/h5-15,23,30H,3-4,16-17H2,1-2H3/b15-10+/t23-/m1/s1. The van der Waals surface area contributed by atoms with Gasteiger partial charge in [0.15, 0.2) is 11.5 Å². The molecule has 0 spiro atoms. The van der Waals surface area contributed by atoms with E-state index in [2.05, 4.69) is 18.7 Å². The highest BCUT2D eigenvalue weighted by molar-refractivity contribution is 6.30. The lowest BCUT2D eigenvalue weighted by Crippen LogP contribution is -2.38. The molecule has 6 heteroatoms. The van der Waals surface area contributed by atoms with E-state index in [-0.39, 0.29) is 11.4 Å². The predicted molar refractivity (Wildman–Crippen MR) is 124 cm³/mol. The zero-order chi connectivity index (χ0) is 22.4. The fourth-order valence-electron chi connectivity index (χ4n) is 3.74. The number of benzene rings is 2. The van der Waals surface area contributed by atoms with Gasteiger partial charge in [0.1, 0.15) is 0 Å². The number of allylic oxidation sites excluding steroid dienone is 1. The van der Waals surface area contributed by atoms with Gasteiger partial charge in [-0.15, -0.1) is 0 Å². The van der Waals surface area contributed by atoms with E-state index in [4.69, 9.17) is 11.6 Å². The fourth-order valence-corrected chi connectivity index (χ4v) is 3.87. The molecule has 0 bridgehead atoms. The first-order valence-corrected chi connectivity index (χ1v) is 10.8. The summed E-state index contributed by atoms with van der Waals surface area (Å²) in [6, 6.07) is 15.8. The predicted octanol–water partition coefficient (Wildman–Crippen LogP) is 4.66. The van der Waals surface area contributed by atoms with Crippen LogP contribution in [0.15, 0.2) is 72.0 Å². The molecular formula is C25H27ClN2O3. The summed E-state index contributed by atoms with van der Waals surface area (Å²) >= 11 is 6.04. The van der Waals surface area contributed by atoms with E-state index in [1.807, 2.05) is 30.3 Å². The van der Waals surface area contributed by atoms with Gasteiger partial charge in [-0.25, -0.2) is 0 Å². The Balaban J connectivity index is 1.94. The van der Waals surface area contributed by atoms with E-state index in [0.717, 1.165) is 24.2 Å². The van der Waals surface area contributed by atoms with Crippen LogP contribution in [0.3, 0.4) is 0 Å². The van der Waals surface area contributed by atoms with Crippen LogP contribution in [0.4, 0.5) is 0 Å². The van der Waals surface area contributed by atoms with Crippen molar-refractivity contribution < 1.29 is 14.7 Å². The van der Waals surface area contributed by atoms with Gasteiger partial charge in [-0.2, -0.15) is 0 Å². The van der Waals surface area contributed by atoms with Crippen LogP contribution in [-0.2, 0) is 9.59 Å². The largest absolute Gasteiger partial charge is 0.503 e. The molecule has 2 aromatic rings. The first-order chi connectivity index (χ1) is 15.0. The van der Waals surface area contributed by atoms with Crippen molar-refractivity contribution in [1.82, 2.24) is 9.80 Å². The Morgan fingerprint density at radius 2 is 1.74 bits per heavy atom. The molecule has 1 aliphatic heterocycles. The van der Waals surface area contributed by atoms with E-state index in [1.165, 1.54) is 6.08 Å². The van der Waals surface area contributed by atoms with E-state index in [0.29, 0.717) is 18.1 Å². The maximum atomic E-state index is 13.1. The second kappa shape index (κ2) is 10.4. The molecule has 3 rings (SSSR count). The number of aliphatic hydroxyl groups is 1. The van der Waals surface area contributed by atoms with Crippen molar-refractivity contribution in [3.05, 3.63) is 88.2 Å². The van der Waals surface area contributed by atoms with Crippen molar-refractivity contribution in [2.75, 3.05) is 26.2 Å². The molecule has 162 valence electrons. The van der Waals surface area contributed by atoms with Crippen LogP contribution in [0.1, 0.15) is 31.0 Å². The number of nitrogens with zero attached hydrogens (tertiary/aromatic N) is 2. The maximum absolute atomic E-state index is 13.1. The highest BCUT2D eigenvalue weighted by Gasteiger charge is 2.42. The van der Waals surface area contributed by atoms with Gasteiger partial charge >= 0.3 is 0 Å². The summed E-state index contributed by atoms with van der Waals surface area (Å²) in [4.78, 5) is 29.8. The molecule has 0 unspecified atom stereocenters. The molecule has 0 fully saturated rings. The summed E-state index contributed by atoms with van der Waals surface area (Å²) in [5.74, 6) is -1.40. The molecule has 0 saturated carbocycles. The molecule has 5 nitrogen and oxygen atoms in total. The Labute approximate surface area is 188 Å². The lowest BCUT2D eigenvalue weighted by atomic mass is 9.95. The zero-order valence-electron chi connectivity index (χ0n) is 17.8. The molecule has 1 atom stereocenters. The van der Waals surface area contributed by atoms with Crippen molar-refractivity contribution in [3.63, 3.8) is 0 Å². The van der Waals surface area contributed by atoms with Gasteiger partial charge in [0.25, 0.3) is 5.91 Å². The second-order valence-corrected chi connectivity index (χ2v) is 7.79. The molecule has 1 amide bonds. The Bertz CT molecular complexity index is 980. The number of likely N-dealkylation sites (N-methyl/N-ethyl adjacent to an activating group) is 1. The number of halogens is 1. The van der Waals surface area contributed by atoms with Crippen molar-refractivity contribution in [2.24, 2.45) is 0 Å². The van der Waals surface area contributed by atoms with Crippen molar-refractivity contribution in [3.8, 4) is 0 Å². The Kier molecular flexibility index (Phi) is 7.66. The lowest BCUT2D eigenvalue weighted by molar-refractivity contribution is -0.129. The fraction of sp³-hybridized carbons (Fsp3) is 0.280. The molecule has 0 aromatic heterocycles. The molecule has 1 heterocycles. The summed E-state index contributed by atoms with van der Waals surface area (Å²) in [5.41, 5.74) is 1.69. The van der Waals surface area contributed by atoms with Gasteiger partial charge < -0.3 is 14.9 Å². The second-order valence-electron chi connectivity index (χ2n) is 7.35. The SMILES string of the molecule is CCN(CC)CCN1C(=O)C(O)=C(C(=O)/C=C/c2ccccc2)[C@H]1c1ccc(Cl)cc1. The number of carbonyl (C=O) groups is 2. The average molecular weight is 439 g/mol. The van der Waals surface area contributed by atoms with E-state index in [9.17, 15) is 14.7 Å². The van der Waals surface area contributed by atoms with Crippen LogP contribution >= 0.6 is 11.6 Å². The third-order valence-corrected chi connectivity index (χ3v) is 5.79. The molecule has 1 aliphatic rings. The molecule has 31 heavy (non-hydrogen) atoms. The lowest BCUT2D eigenvalue weighted by Gasteiger charge is -2.29. The first kappa shape index (κ1) is 22.8. The normalized spacial score (nSPS) is 16.7. The third kappa shape index (κ3) is 5.24. The number of hydrogen-bond acceptors (Lipinski definition) is 4.